The number of fused-ring (bicyclic) bond motifs is 2. The molecule has 1 aromatic rings. The lowest BCUT2D eigenvalue weighted by Gasteiger charge is -2.08. The zero-order valence-corrected chi connectivity index (χ0v) is 19.0. The summed E-state index contributed by atoms with van der Waals surface area (Å²) in [6, 6.07) is 1.74. The molecule has 2 aliphatic rings. The summed E-state index contributed by atoms with van der Waals surface area (Å²) in [5.41, 5.74) is -0.672. The maximum Gasteiger partial charge on any atom is 0.350 e. The molecule has 0 spiro atoms. The maximum absolute atomic E-state index is 12.1. The van der Waals surface area contributed by atoms with Gasteiger partial charge < -0.3 is 29.9 Å². The topological polar surface area (TPSA) is 162 Å². The predicted molar refractivity (Wildman–Crippen MR) is 116 cm³/mol. The van der Waals surface area contributed by atoms with Gasteiger partial charge in [0.15, 0.2) is 5.57 Å². The highest BCUT2D eigenvalue weighted by molar-refractivity contribution is 8.26. The number of nitrogens with zero attached hydrogens (tertiary/aromatic N) is 2. The summed E-state index contributed by atoms with van der Waals surface area (Å²) >= 11 is 3.60. The third-order valence-electron chi connectivity index (χ3n) is 3.72. The van der Waals surface area contributed by atoms with Crippen molar-refractivity contribution in [1.82, 2.24) is 0 Å². The molecule has 0 saturated carbocycles. The Kier molecular flexibility index (Phi) is 7.89. The first kappa shape index (κ1) is 24.2. The van der Waals surface area contributed by atoms with Crippen LogP contribution in [-0.4, -0.2) is 58.8 Å². The molecule has 32 heavy (non-hydrogen) atoms. The molecule has 10 nitrogen and oxygen atoms in total. The number of benzene rings is 1. The molecule has 0 radical (unpaired) electrons. The number of aromatic hydroxyl groups is 2. The molecular formula is C18H12N2O8S4. The van der Waals surface area contributed by atoms with Crippen LogP contribution in [0.25, 0.3) is 4.85 Å². The molecule has 14 heteroatoms. The average molecular weight is 513 g/mol. The van der Waals surface area contributed by atoms with Crippen molar-refractivity contribution in [3.8, 4) is 17.6 Å². The Morgan fingerprint density at radius 1 is 0.875 bits per heavy atom. The van der Waals surface area contributed by atoms with Crippen molar-refractivity contribution >= 4 is 59.0 Å². The lowest BCUT2D eigenvalue weighted by molar-refractivity contribution is -0.140. The van der Waals surface area contributed by atoms with Crippen LogP contribution >= 0.6 is 47.0 Å². The molecule has 4 N–H and O–H groups in total. The highest BCUT2D eigenvalue weighted by atomic mass is 32.2. The van der Waals surface area contributed by atoms with Crippen LogP contribution in [0.1, 0.15) is 0 Å². The van der Waals surface area contributed by atoms with Gasteiger partial charge in [-0.2, -0.15) is 5.26 Å². The summed E-state index contributed by atoms with van der Waals surface area (Å²) < 4.78 is 9.95. The van der Waals surface area contributed by atoms with Gasteiger partial charge >= 0.3 is 11.9 Å². The summed E-state index contributed by atoms with van der Waals surface area (Å²) in [5.74, 6) is -2.34. The number of nitriles is 1. The van der Waals surface area contributed by atoms with E-state index in [0.717, 1.165) is 47.0 Å². The lowest BCUT2D eigenvalue weighted by atomic mass is 10.3. The van der Waals surface area contributed by atoms with Crippen molar-refractivity contribution in [1.29, 1.82) is 5.26 Å². The number of thioether (sulfide) groups is 4. The Morgan fingerprint density at radius 2 is 1.31 bits per heavy atom. The van der Waals surface area contributed by atoms with Gasteiger partial charge in [-0.3, -0.25) is 4.79 Å². The number of aliphatic hydroxyl groups is 2. The van der Waals surface area contributed by atoms with Gasteiger partial charge in [0.05, 0.1) is 47.8 Å². The Labute approximate surface area is 198 Å². The fourth-order valence-corrected chi connectivity index (χ4v) is 7.56. The average Bonchev–Trinajstić information content (AvgIpc) is 3.41. The van der Waals surface area contributed by atoms with Crippen LogP contribution in [0, 0.1) is 17.9 Å². The van der Waals surface area contributed by atoms with Crippen LogP contribution in [0.3, 0.4) is 0 Å². The molecule has 0 aromatic heterocycles. The first-order valence-electron chi connectivity index (χ1n) is 8.53. The van der Waals surface area contributed by atoms with Gasteiger partial charge in [-0.1, -0.05) is 47.0 Å². The van der Waals surface area contributed by atoms with Crippen LogP contribution < -0.4 is 0 Å². The van der Waals surface area contributed by atoms with Crippen LogP contribution in [0.2, 0.25) is 0 Å². The van der Waals surface area contributed by atoms with Crippen LogP contribution in [0.4, 0.5) is 0 Å². The largest absolute Gasteiger partial charge is 0.505 e. The highest BCUT2D eigenvalue weighted by Crippen LogP contribution is 2.67. The van der Waals surface area contributed by atoms with Gasteiger partial charge in [0.2, 0.25) is 0 Å². The fourth-order valence-electron chi connectivity index (χ4n) is 2.39. The fraction of sp³-hybridized carbons (Fsp3) is 0.222. The Hall–Kier alpha value is -2.46. The van der Waals surface area contributed by atoms with E-state index in [9.17, 15) is 25.1 Å². The van der Waals surface area contributed by atoms with E-state index >= 15 is 0 Å². The SMILES string of the molecule is [C-]#[N+]C(C(=O)OCCO)=C1Sc2c(O)c3c(c(O)c2S1)SC(=C(C#N)C(=O)OCCO)S3. The number of aliphatic hydroxyl groups excluding tert-OH is 2. The summed E-state index contributed by atoms with van der Waals surface area (Å²) in [5, 5.41) is 48.5. The van der Waals surface area contributed by atoms with Crippen molar-refractivity contribution < 1.29 is 39.5 Å². The Morgan fingerprint density at radius 3 is 1.72 bits per heavy atom. The number of phenolic OH excluding ortho intramolecular Hbond substituents is 2. The molecule has 0 aliphatic carbocycles. The van der Waals surface area contributed by atoms with Gasteiger partial charge in [0.1, 0.15) is 30.8 Å². The summed E-state index contributed by atoms with van der Waals surface area (Å²) in [6.45, 7) is 5.91. The molecule has 0 atom stereocenters. The molecule has 166 valence electrons. The predicted octanol–water partition coefficient (Wildman–Crippen LogP) is 2.39. The third-order valence-corrected chi connectivity index (χ3v) is 8.92. The van der Waals surface area contributed by atoms with Crippen molar-refractivity contribution in [2.75, 3.05) is 26.4 Å². The summed E-state index contributed by atoms with van der Waals surface area (Å²) in [4.78, 5) is 28.2. The molecular weight excluding hydrogens is 500 g/mol. The van der Waals surface area contributed by atoms with Crippen molar-refractivity contribution in [2.45, 2.75) is 19.6 Å². The van der Waals surface area contributed by atoms with E-state index in [4.69, 9.17) is 26.3 Å². The second kappa shape index (κ2) is 10.4. The molecule has 0 unspecified atom stereocenters. The zero-order valence-electron chi connectivity index (χ0n) is 15.8. The van der Waals surface area contributed by atoms with Crippen LogP contribution in [-0.2, 0) is 19.1 Å². The number of phenols is 2. The minimum Gasteiger partial charge on any atom is -0.505 e. The molecule has 2 heterocycles. The first-order chi connectivity index (χ1) is 15.4. The number of carbonyl (C=O) groups is 2. The Balaban J connectivity index is 1.97. The van der Waals surface area contributed by atoms with Crippen molar-refractivity contribution in [3.05, 3.63) is 31.2 Å². The quantitative estimate of drug-likeness (QED) is 0.145. The molecule has 0 fully saturated rings. The van der Waals surface area contributed by atoms with Crippen molar-refractivity contribution in [3.63, 3.8) is 0 Å². The summed E-state index contributed by atoms with van der Waals surface area (Å²) in [7, 11) is 0. The second-order valence-electron chi connectivity index (χ2n) is 5.66. The normalized spacial score (nSPS) is 13.6. The lowest BCUT2D eigenvalue weighted by Crippen LogP contribution is -2.10. The van der Waals surface area contributed by atoms with E-state index in [1.165, 1.54) is 0 Å². The smallest absolute Gasteiger partial charge is 0.350 e. The molecule has 0 saturated heterocycles. The second-order valence-corrected chi connectivity index (χ2v) is 10.3. The van der Waals surface area contributed by atoms with E-state index < -0.39 is 25.2 Å². The number of hydrogen-bond acceptors (Lipinski definition) is 13. The molecule has 0 bridgehead atoms. The number of carbonyl (C=O) groups excluding carboxylic acids is 2. The number of hydrogen-bond donors (Lipinski definition) is 4. The molecule has 3 rings (SSSR count). The minimum atomic E-state index is -0.937. The Bertz CT molecular complexity index is 1020. The zero-order chi connectivity index (χ0) is 23.4. The summed E-state index contributed by atoms with van der Waals surface area (Å²) in [6.07, 6.45) is 0. The first-order valence-corrected chi connectivity index (χ1v) is 11.8. The van der Waals surface area contributed by atoms with Crippen LogP contribution in [0.15, 0.2) is 39.3 Å². The van der Waals surface area contributed by atoms with E-state index in [-0.39, 0.29) is 64.0 Å². The van der Waals surface area contributed by atoms with E-state index in [1.807, 2.05) is 0 Å². The van der Waals surface area contributed by atoms with E-state index in [1.54, 1.807) is 6.07 Å². The molecule has 0 amide bonds. The molecule has 1 aromatic carbocycles. The third kappa shape index (κ3) is 4.52. The number of rotatable bonds is 6. The monoisotopic (exact) mass is 512 g/mol. The van der Waals surface area contributed by atoms with E-state index in [0.29, 0.717) is 0 Å². The van der Waals surface area contributed by atoms with Gasteiger partial charge in [0.25, 0.3) is 5.70 Å². The van der Waals surface area contributed by atoms with Gasteiger partial charge in [-0.25, -0.2) is 9.64 Å². The standard InChI is InChI=1S/C18H12N2O8S4/c1-20-8(16(26)28-5-3-22)18-31-13-9(23)11-12(10(24)14(13)32-18)30-17(29-11)7(6-19)15(25)27-4-2-21/h21-24H,2-5H2. The minimum absolute atomic E-state index is 0.194. The number of esters is 2. The van der Waals surface area contributed by atoms with Crippen molar-refractivity contribution in [2.24, 2.45) is 0 Å². The van der Waals surface area contributed by atoms with Gasteiger partial charge in [0, 0.05) is 0 Å². The van der Waals surface area contributed by atoms with Crippen LogP contribution in [0.5, 0.6) is 11.5 Å². The van der Waals surface area contributed by atoms with Gasteiger partial charge in [-0.05, 0) is 0 Å². The molecule has 2 aliphatic heterocycles. The maximum atomic E-state index is 12.1. The highest BCUT2D eigenvalue weighted by Gasteiger charge is 2.38. The van der Waals surface area contributed by atoms with Gasteiger partial charge in [-0.15, -0.1) is 0 Å². The van der Waals surface area contributed by atoms with E-state index in [2.05, 4.69) is 4.85 Å². The number of ether oxygens (including phenoxy) is 2.